The highest BCUT2D eigenvalue weighted by Crippen LogP contribution is 2.21. The maximum absolute atomic E-state index is 12.4. The maximum atomic E-state index is 12.4. The average Bonchev–Trinajstić information content (AvgIpc) is 2.48. The van der Waals surface area contributed by atoms with Crippen LogP contribution in [0.3, 0.4) is 0 Å². The van der Waals surface area contributed by atoms with Crippen molar-refractivity contribution in [2.75, 3.05) is 5.32 Å². The molecule has 0 saturated heterocycles. The quantitative estimate of drug-likeness (QED) is 0.721. The van der Waals surface area contributed by atoms with Crippen LogP contribution in [0.1, 0.15) is 10.4 Å². The Morgan fingerprint density at radius 2 is 1.90 bits per heavy atom. The lowest BCUT2D eigenvalue weighted by Crippen LogP contribution is -2.13. The van der Waals surface area contributed by atoms with Crippen LogP contribution in [-0.4, -0.2) is 15.9 Å². The van der Waals surface area contributed by atoms with Crippen molar-refractivity contribution in [2.24, 2.45) is 0 Å². The van der Waals surface area contributed by atoms with E-state index in [0.29, 0.717) is 21.9 Å². The van der Waals surface area contributed by atoms with E-state index >= 15 is 0 Å². The lowest BCUT2D eigenvalue weighted by atomic mass is 10.1. The molecule has 1 N–H and O–H groups in total. The van der Waals surface area contributed by atoms with Gasteiger partial charge in [0.05, 0.1) is 16.1 Å². The summed E-state index contributed by atoms with van der Waals surface area (Å²) < 4.78 is 0. The fraction of sp³-hybridized carbons (Fsp3) is 0. The van der Waals surface area contributed by atoms with Gasteiger partial charge in [-0.25, -0.2) is 9.97 Å². The van der Waals surface area contributed by atoms with Gasteiger partial charge in [0.15, 0.2) is 0 Å². The van der Waals surface area contributed by atoms with Gasteiger partial charge in [0.1, 0.15) is 11.0 Å². The first-order valence-electron chi connectivity index (χ1n) is 6.12. The van der Waals surface area contributed by atoms with E-state index in [1.165, 1.54) is 12.3 Å². The molecule has 6 heteroatoms. The van der Waals surface area contributed by atoms with Crippen LogP contribution >= 0.6 is 23.2 Å². The molecule has 2 aromatic heterocycles. The minimum absolute atomic E-state index is 0.267. The summed E-state index contributed by atoms with van der Waals surface area (Å²) in [6.45, 7) is 0. The van der Waals surface area contributed by atoms with Crippen molar-refractivity contribution in [3.05, 3.63) is 64.4 Å². The Bertz CT molecular complexity index is 819. The number of amides is 1. The predicted molar refractivity (Wildman–Crippen MR) is 84.0 cm³/mol. The Morgan fingerprint density at radius 1 is 1.10 bits per heavy atom. The summed E-state index contributed by atoms with van der Waals surface area (Å²) >= 11 is 11.7. The first-order valence-corrected chi connectivity index (χ1v) is 6.87. The first kappa shape index (κ1) is 13.8. The number of carbonyl (C=O) groups is 1. The topological polar surface area (TPSA) is 54.9 Å². The van der Waals surface area contributed by atoms with E-state index in [1.807, 2.05) is 18.2 Å². The third kappa shape index (κ3) is 2.96. The van der Waals surface area contributed by atoms with Gasteiger partial charge in [-0.1, -0.05) is 41.4 Å². The van der Waals surface area contributed by atoms with Crippen molar-refractivity contribution >= 4 is 45.8 Å². The molecule has 3 aromatic rings. The zero-order valence-electron chi connectivity index (χ0n) is 10.7. The Hall–Kier alpha value is -2.17. The van der Waals surface area contributed by atoms with Crippen LogP contribution in [0.5, 0.6) is 0 Å². The normalized spacial score (nSPS) is 10.6. The van der Waals surface area contributed by atoms with Crippen LogP contribution in [0.25, 0.3) is 10.9 Å². The number of anilines is 1. The summed E-state index contributed by atoms with van der Waals surface area (Å²) in [5.41, 5.74) is 1.11. The zero-order chi connectivity index (χ0) is 14.8. The van der Waals surface area contributed by atoms with Crippen molar-refractivity contribution in [2.45, 2.75) is 0 Å². The van der Waals surface area contributed by atoms with E-state index in [0.717, 1.165) is 5.39 Å². The number of rotatable bonds is 2. The lowest BCUT2D eigenvalue weighted by Gasteiger charge is -2.08. The standard InChI is InChI=1S/C15H9Cl2N3O/c16-9-5-6-14(18-8-9)20-15(21)11-7-13(17)19-12-4-2-1-3-10(11)12/h1-8H,(H,18,20,21). The van der Waals surface area contributed by atoms with Crippen LogP contribution in [0.15, 0.2) is 48.7 Å². The molecule has 0 atom stereocenters. The molecule has 21 heavy (non-hydrogen) atoms. The minimum atomic E-state index is -0.301. The summed E-state index contributed by atoms with van der Waals surface area (Å²) in [5, 5.41) is 4.21. The number of benzene rings is 1. The highest BCUT2D eigenvalue weighted by Gasteiger charge is 2.13. The Kier molecular flexibility index (Phi) is 3.73. The number of aromatic nitrogens is 2. The molecule has 2 heterocycles. The summed E-state index contributed by atoms with van der Waals surface area (Å²) in [7, 11) is 0. The Labute approximate surface area is 130 Å². The second-order valence-corrected chi connectivity index (χ2v) is 5.15. The third-order valence-electron chi connectivity index (χ3n) is 2.90. The fourth-order valence-corrected chi connectivity index (χ4v) is 2.28. The van der Waals surface area contributed by atoms with E-state index in [9.17, 15) is 4.79 Å². The number of hydrogen-bond donors (Lipinski definition) is 1. The van der Waals surface area contributed by atoms with Crippen LogP contribution in [0.2, 0.25) is 10.2 Å². The molecule has 0 unspecified atom stereocenters. The molecule has 0 aliphatic heterocycles. The van der Waals surface area contributed by atoms with Gasteiger partial charge in [-0.05, 0) is 24.3 Å². The minimum Gasteiger partial charge on any atom is -0.307 e. The van der Waals surface area contributed by atoms with Crippen LogP contribution in [-0.2, 0) is 0 Å². The molecule has 0 aliphatic carbocycles. The van der Waals surface area contributed by atoms with E-state index in [2.05, 4.69) is 15.3 Å². The number of halogens is 2. The maximum Gasteiger partial charge on any atom is 0.257 e. The molecule has 0 fully saturated rings. The summed E-state index contributed by atoms with van der Waals surface area (Å²) in [6, 6.07) is 12.1. The molecule has 4 nitrogen and oxygen atoms in total. The number of nitrogens with zero attached hydrogens (tertiary/aromatic N) is 2. The SMILES string of the molecule is O=C(Nc1ccc(Cl)cn1)c1cc(Cl)nc2ccccc12. The van der Waals surface area contributed by atoms with Crippen LogP contribution in [0.4, 0.5) is 5.82 Å². The highest BCUT2D eigenvalue weighted by molar-refractivity contribution is 6.31. The van der Waals surface area contributed by atoms with Crippen molar-refractivity contribution in [3.63, 3.8) is 0 Å². The Balaban J connectivity index is 1.99. The van der Waals surface area contributed by atoms with Gasteiger partial charge in [0, 0.05) is 11.6 Å². The van der Waals surface area contributed by atoms with Crippen LogP contribution in [0, 0.1) is 0 Å². The zero-order valence-corrected chi connectivity index (χ0v) is 12.2. The fourth-order valence-electron chi connectivity index (χ4n) is 1.96. The predicted octanol–water partition coefficient (Wildman–Crippen LogP) is 4.19. The van der Waals surface area contributed by atoms with E-state index in [4.69, 9.17) is 23.2 Å². The van der Waals surface area contributed by atoms with Gasteiger partial charge < -0.3 is 5.32 Å². The summed E-state index contributed by atoms with van der Waals surface area (Å²) in [6.07, 6.45) is 1.47. The monoisotopic (exact) mass is 317 g/mol. The van der Waals surface area contributed by atoms with Gasteiger partial charge in [0.25, 0.3) is 5.91 Å². The molecule has 104 valence electrons. The highest BCUT2D eigenvalue weighted by atomic mass is 35.5. The number of pyridine rings is 2. The van der Waals surface area contributed by atoms with Gasteiger partial charge in [-0.15, -0.1) is 0 Å². The lowest BCUT2D eigenvalue weighted by molar-refractivity contribution is 0.102. The average molecular weight is 318 g/mol. The second kappa shape index (κ2) is 5.68. The molecule has 0 aliphatic rings. The molecule has 0 bridgehead atoms. The molecule has 1 amide bonds. The van der Waals surface area contributed by atoms with Gasteiger partial charge in [-0.3, -0.25) is 4.79 Å². The van der Waals surface area contributed by atoms with Crippen molar-refractivity contribution in [1.82, 2.24) is 9.97 Å². The van der Waals surface area contributed by atoms with Crippen LogP contribution < -0.4 is 5.32 Å². The number of nitrogens with one attached hydrogen (secondary N) is 1. The number of hydrogen-bond acceptors (Lipinski definition) is 3. The smallest absolute Gasteiger partial charge is 0.257 e. The summed E-state index contributed by atoms with van der Waals surface area (Å²) in [4.78, 5) is 20.6. The van der Waals surface area contributed by atoms with E-state index < -0.39 is 0 Å². The largest absolute Gasteiger partial charge is 0.307 e. The number of para-hydroxylation sites is 1. The van der Waals surface area contributed by atoms with Gasteiger partial charge in [0.2, 0.25) is 0 Å². The molecular formula is C15H9Cl2N3O. The van der Waals surface area contributed by atoms with Crippen molar-refractivity contribution in [1.29, 1.82) is 0 Å². The van der Waals surface area contributed by atoms with E-state index in [-0.39, 0.29) is 11.1 Å². The van der Waals surface area contributed by atoms with Gasteiger partial charge in [-0.2, -0.15) is 0 Å². The third-order valence-corrected chi connectivity index (χ3v) is 3.32. The molecule has 0 radical (unpaired) electrons. The Morgan fingerprint density at radius 3 is 2.67 bits per heavy atom. The summed E-state index contributed by atoms with van der Waals surface area (Å²) in [5.74, 6) is 0.117. The molecule has 0 saturated carbocycles. The van der Waals surface area contributed by atoms with E-state index in [1.54, 1.807) is 18.2 Å². The first-order chi connectivity index (χ1) is 10.1. The molecule has 0 spiro atoms. The second-order valence-electron chi connectivity index (χ2n) is 4.33. The number of carbonyl (C=O) groups excluding carboxylic acids is 1. The molecule has 1 aromatic carbocycles. The molecule has 3 rings (SSSR count). The van der Waals surface area contributed by atoms with Crippen molar-refractivity contribution < 1.29 is 4.79 Å². The van der Waals surface area contributed by atoms with Crippen molar-refractivity contribution in [3.8, 4) is 0 Å². The van der Waals surface area contributed by atoms with Gasteiger partial charge >= 0.3 is 0 Å². The number of fused-ring (bicyclic) bond motifs is 1. The molecular weight excluding hydrogens is 309 g/mol.